The summed E-state index contributed by atoms with van der Waals surface area (Å²) in [6, 6.07) is -0.567. The Hall–Kier alpha value is -0.470. The van der Waals surface area contributed by atoms with Crippen molar-refractivity contribution in [1.82, 2.24) is 0 Å². The van der Waals surface area contributed by atoms with Gasteiger partial charge in [0.2, 0.25) is 0 Å². The van der Waals surface area contributed by atoms with Gasteiger partial charge in [0.05, 0.1) is 0 Å². The second kappa shape index (κ2) is 5.22. The number of hydrogen-bond donors (Lipinski definition) is 0. The van der Waals surface area contributed by atoms with Gasteiger partial charge in [0, 0.05) is 0 Å². The number of hydrogen-bond acceptors (Lipinski definition) is 2. The Kier molecular flexibility index (Phi) is 4.19. The number of halogens is 1. The van der Waals surface area contributed by atoms with Gasteiger partial charge in [-0.15, -0.1) is 0 Å². The van der Waals surface area contributed by atoms with Crippen molar-refractivity contribution in [2.45, 2.75) is 44.6 Å². The predicted octanol–water partition coefficient (Wildman–Crippen LogP) is 3.06. The van der Waals surface area contributed by atoms with E-state index in [0.29, 0.717) is 0 Å². The molecule has 1 saturated carbocycles. The van der Waals surface area contributed by atoms with E-state index in [-0.39, 0.29) is 5.92 Å². The summed E-state index contributed by atoms with van der Waals surface area (Å²) in [4.78, 5) is 10.3. The summed E-state index contributed by atoms with van der Waals surface area (Å²) in [5, 5.41) is 2.85. The van der Waals surface area contributed by atoms with Gasteiger partial charge in [-0.2, -0.15) is 4.91 Å². The zero-order valence-corrected chi connectivity index (χ0v) is 7.34. The third-order valence-electron chi connectivity index (χ3n) is 2.74. The van der Waals surface area contributed by atoms with Crippen LogP contribution < -0.4 is 0 Å². The molecule has 0 heterocycles. The number of nitrogens with zero attached hydrogens (tertiary/aromatic N) is 1. The molecule has 0 bridgehead atoms. The van der Waals surface area contributed by atoms with E-state index >= 15 is 0 Å². The summed E-state index contributed by atoms with van der Waals surface area (Å²) in [6.07, 6.45) is 6.71. The van der Waals surface area contributed by atoms with Crippen LogP contribution >= 0.6 is 0 Å². The number of nitroso groups, excluding NO2 is 1. The minimum absolute atomic E-state index is 0.218. The zero-order chi connectivity index (χ0) is 8.81. The molecule has 1 aliphatic rings. The summed E-state index contributed by atoms with van der Waals surface area (Å²) in [5.74, 6) is 0.218. The van der Waals surface area contributed by atoms with Crippen LogP contribution in [0, 0.1) is 10.8 Å². The maximum absolute atomic E-state index is 12.3. The van der Waals surface area contributed by atoms with Crippen molar-refractivity contribution >= 4 is 0 Å². The molecule has 70 valence electrons. The van der Waals surface area contributed by atoms with Gasteiger partial charge < -0.3 is 0 Å². The van der Waals surface area contributed by atoms with Gasteiger partial charge in [-0.1, -0.05) is 30.9 Å². The molecule has 0 aliphatic heterocycles. The minimum Gasteiger partial charge on any atom is -0.249 e. The van der Waals surface area contributed by atoms with Crippen LogP contribution in [0.3, 0.4) is 0 Å². The molecule has 0 radical (unpaired) electrons. The Labute approximate surface area is 72.5 Å². The fourth-order valence-electron chi connectivity index (χ4n) is 1.94. The van der Waals surface area contributed by atoms with Gasteiger partial charge in [-0.25, -0.2) is 4.39 Å². The molecule has 0 aromatic carbocycles. The van der Waals surface area contributed by atoms with Gasteiger partial charge >= 0.3 is 0 Å². The average Bonchev–Trinajstić information content (AvgIpc) is 2.35. The number of alkyl halides is 1. The second-order valence-electron chi connectivity index (χ2n) is 3.58. The van der Waals surface area contributed by atoms with Crippen LogP contribution in [0.4, 0.5) is 4.39 Å². The van der Waals surface area contributed by atoms with Gasteiger partial charge in [0.15, 0.2) is 0 Å². The van der Waals surface area contributed by atoms with E-state index in [1.54, 1.807) is 0 Å². The molecule has 1 rings (SSSR count). The lowest BCUT2D eigenvalue weighted by molar-refractivity contribution is 0.307. The average molecular weight is 173 g/mol. The molecule has 1 aliphatic carbocycles. The standard InChI is InChI=1S/C9H16FNO/c10-7-9(11-12)8-5-3-1-2-4-6-8/h8-9H,1-7H2. The highest BCUT2D eigenvalue weighted by molar-refractivity contribution is 4.77. The van der Waals surface area contributed by atoms with Crippen LogP contribution in [-0.2, 0) is 0 Å². The topological polar surface area (TPSA) is 29.4 Å². The molecular formula is C9H16FNO. The Morgan fingerprint density at radius 2 is 1.83 bits per heavy atom. The number of rotatable bonds is 3. The van der Waals surface area contributed by atoms with Crippen molar-refractivity contribution in [2.75, 3.05) is 6.67 Å². The predicted molar refractivity (Wildman–Crippen MR) is 46.8 cm³/mol. The summed E-state index contributed by atoms with van der Waals surface area (Å²) >= 11 is 0. The van der Waals surface area contributed by atoms with Crippen molar-refractivity contribution in [3.05, 3.63) is 4.91 Å². The van der Waals surface area contributed by atoms with Crippen molar-refractivity contribution in [3.8, 4) is 0 Å². The van der Waals surface area contributed by atoms with E-state index in [1.165, 1.54) is 12.8 Å². The van der Waals surface area contributed by atoms with Gasteiger partial charge in [-0.05, 0) is 18.8 Å². The van der Waals surface area contributed by atoms with Gasteiger partial charge in [0.25, 0.3) is 0 Å². The first-order valence-electron chi connectivity index (χ1n) is 4.77. The first-order chi connectivity index (χ1) is 5.88. The molecule has 0 saturated heterocycles. The van der Waals surface area contributed by atoms with Crippen LogP contribution in [0.5, 0.6) is 0 Å². The lowest BCUT2D eigenvalue weighted by Gasteiger charge is -2.16. The molecule has 12 heavy (non-hydrogen) atoms. The first kappa shape index (κ1) is 9.62. The molecule has 3 heteroatoms. The van der Waals surface area contributed by atoms with Crippen molar-refractivity contribution < 1.29 is 4.39 Å². The van der Waals surface area contributed by atoms with Crippen LogP contribution in [-0.4, -0.2) is 12.7 Å². The Morgan fingerprint density at radius 3 is 2.25 bits per heavy atom. The molecule has 0 spiro atoms. The smallest absolute Gasteiger partial charge is 0.123 e. The normalized spacial score (nSPS) is 23.1. The van der Waals surface area contributed by atoms with Gasteiger partial charge in [0.1, 0.15) is 12.7 Å². The SMILES string of the molecule is O=NC(CF)C1CCCCCC1. The Bertz CT molecular complexity index is 132. The van der Waals surface area contributed by atoms with Crippen molar-refractivity contribution in [1.29, 1.82) is 0 Å². The van der Waals surface area contributed by atoms with Crippen LogP contribution in [0.25, 0.3) is 0 Å². The van der Waals surface area contributed by atoms with Crippen LogP contribution in [0.1, 0.15) is 38.5 Å². The molecule has 0 amide bonds. The maximum Gasteiger partial charge on any atom is 0.123 e. The molecule has 1 atom stereocenters. The van der Waals surface area contributed by atoms with Crippen LogP contribution in [0.15, 0.2) is 5.18 Å². The third-order valence-corrected chi connectivity index (χ3v) is 2.74. The summed E-state index contributed by atoms with van der Waals surface area (Å²) in [7, 11) is 0. The molecule has 0 N–H and O–H groups in total. The quantitative estimate of drug-likeness (QED) is 0.476. The molecule has 1 fully saturated rings. The van der Waals surface area contributed by atoms with Crippen molar-refractivity contribution in [3.63, 3.8) is 0 Å². The lowest BCUT2D eigenvalue weighted by Crippen LogP contribution is -2.19. The van der Waals surface area contributed by atoms with Gasteiger partial charge in [-0.3, -0.25) is 0 Å². The molecule has 1 unspecified atom stereocenters. The molecule has 0 aromatic rings. The van der Waals surface area contributed by atoms with E-state index in [1.807, 2.05) is 0 Å². The highest BCUT2D eigenvalue weighted by Crippen LogP contribution is 2.27. The van der Waals surface area contributed by atoms with Crippen molar-refractivity contribution in [2.24, 2.45) is 11.1 Å². The maximum atomic E-state index is 12.3. The van der Waals surface area contributed by atoms with E-state index in [2.05, 4.69) is 5.18 Å². The fraction of sp³-hybridized carbons (Fsp3) is 1.00. The lowest BCUT2D eigenvalue weighted by atomic mass is 9.93. The minimum atomic E-state index is -0.575. The largest absolute Gasteiger partial charge is 0.249 e. The first-order valence-corrected chi connectivity index (χ1v) is 4.77. The summed E-state index contributed by atoms with van der Waals surface area (Å²) < 4.78 is 12.3. The van der Waals surface area contributed by atoms with Crippen LogP contribution in [0.2, 0.25) is 0 Å². The second-order valence-corrected chi connectivity index (χ2v) is 3.58. The van der Waals surface area contributed by atoms with E-state index in [9.17, 15) is 9.30 Å². The highest BCUT2D eigenvalue weighted by Gasteiger charge is 2.23. The molecular weight excluding hydrogens is 157 g/mol. The molecule has 2 nitrogen and oxygen atoms in total. The molecule has 0 aromatic heterocycles. The fourth-order valence-corrected chi connectivity index (χ4v) is 1.94. The van der Waals surface area contributed by atoms with E-state index in [4.69, 9.17) is 0 Å². The summed E-state index contributed by atoms with van der Waals surface area (Å²) in [5.41, 5.74) is 0. The third kappa shape index (κ3) is 2.54. The Balaban J connectivity index is 2.40. The zero-order valence-electron chi connectivity index (χ0n) is 7.34. The highest BCUT2D eigenvalue weighted by atomic mass is 19.1. The summed E-state index contributed by atoms with van der Waals surface area (Å²) in [6.45, 7) is -0.575. The van der Waals surface area contributed by atoms with E-state index in [0.717, 1.165) is 25.7 Å². The monoisotopic (exact) mass is 173 g/mol. The Morgan fingerprint density at radius 1 is 1.25 bits per heavy atom. The van der Waals surface area contributed by atoms with E-state index < -0.39 is 12.7 Å².